The highest BCUT2D eigenvalue weighted by atomic mass is 79.9. The maximum absolute atomic E-state index is 8.78. The van der Waals surface area contributed by atoms with Crippen LogP contribution in [-0.4, -0.2) is 10.1 Å². The van der Waals surface area contributed by atoms with E-state index >= 15 is 0 Å². The van der Waals surface area contributed by atoms with E-state index in [1.807, 2.05) is 32.9 Å². The Morgan fingerprint density at radius 2 is 2.00 bits per heavy atom. The molecule has 1 atom stereocenters. The second kappa shape index (κ2) is 5.54. The smallest absolute Gasteiger partial charge is 0.228 e. The van der Waals surface area contributed by atoms with Gasteiger partial charge in [-0.3, -0.25) is 0 Å². The third kappa shape index (κ3) is 3.02. The molecule has 0 saturated heterocycles. The fourth-order valence-corrected chi connectivity index (χ4v) is 2.07. The minimum Gasteiger partial charge on any atom is -0.339 e. The first-order chi connectivity index (χ1) is 9.01. The molecule has 1 unspecified atom stereocenters. The lowest BCUT2D eigenvalue weighted by atomic mass is 10.1. The normalized spacial score (nSPS) is 12.2. The Balaban J connectivity index is 2.31. The number of halogens is 1. The summed E-state index contributed by atoms with van der Waals surface area (Å²) in [4.78, 5) is 4.34. The van der Waals surface area contributed by atoms with Crippen molar-refractivity contribution in [3.05, 3.63) is 33.6 Å². The molecular formula is C14H14BrN3O. The summed E-state index contributed by atoms with van der Waals surface area (Å²) in [7, 11) is 0. The van der Waals surface area contributed by atoms with Gasteiger partial charge in [-0.05, 0) is 44.0 Å². The number of benzene rings is 1. The number of rotatable bonds is 3. The van der Waals surface area contributed by atoms with Gasteiger partial charge in [0.15, 0.2) is 0 Å². The van der Waals surface area contributed by atoms with Crippen LogP contribution in [0, 0.1) is 31.1 Å². The lowest BCUT2D eigenvalue weighted by molar-refractivity contribution is 0.369. The molecule has 0 N–H and O–H groups in total. The third-order valence-electron chi connectivity index (χ3n) is 2.86. The van der Waals surface area contributed by atoms with Crippen LogP contribution in [0.25, 0.3) is 11.4 Å². The van der Waals surface area contributed by atoms with Crippen LogP contribution in [0.3, 0.4) is 0 Å². The first kappa shape index (κ1) is 13.8. The third-order valence-corrected chi connectivity index (χ3v) is 4.11. The molecule has 1 heterocycles. The minimum atomic E-state index is -0.123. The van der Waals surface area contributed by atoms with Crippen LogP contribution >= 0.6 is 15.9 Å². The Kier molecular flexibility index (Phi) is 4.01. The van der Waals surface area contributed by atoms with Crippen molar-refractivity contribution in [3.8, 4) is 17.5 Å². The molecule has 4 nitrogen and oxygen atoms in total. The zero-order valence-electron chi connectivity index (χ0n) is 11.1. The molecule has 19 heavy (non-hydrogen) atoms. The number of nitrogens with zero attached hydrogens (tertiary/aromatic N) is 3. The van der Waals surface area contributed by atoms with Gasteiger partial charge in [0.05, 0.1) is 12.0 Å². The summed E-state index contributed by atoms with van der Waals surface area (Å²) in [5.41, 5.74) is 3.19. The summed E-state index contributed by atoms with van der Waals surface area (Å²) in [5.74, 6) is 0.947. The van der Waals surface area contributed by atoms with Crippen LogP contribution in [0.1, 0.15) is 23.9 Å². The van der Waals surface area contributed by atoms with Crippen molar-refractivity contribution in [2.45, 2.75) is 27.2 Å². The first-order valence-corrected chi connectivity index (χ1v) is 6.80. The second-order valence-corrected chi connectivity index (χ2v) is 5.46. The molecule has 1 aromatic heterocycles. The van der Waals surface area contributed by atoms with Gasteiger partial charge in [-0.1, -0.05) is 21.1 Å². The van der Waals surface area contributed by atoms with Crippen LogP contribution in [0.2, 0.25) is 0 Å². The molecule has 2 aromatic rings. The number of nitriles is 1. The Labute approximate surface area is 120 Å². The highest BCUT2D eigenvalue weighted by Gasteiger charge is 2.13. The standard InChI is InChI=1S/C14H14BrN3O/c1-8(7-16)4-12-17-14(18-19-12)11-5-9(2)13(15)10(3)6-11/h5-6,8H,4H2,1-3H3. The van der Waals surface area contributed by atoms with E-state index in [4.69, 9.17) is 9.78 Å². The van der Waals surface area contributed by atoms with Crippen molar-refractivity contribution in [2.24, 2.45) is 5.92 Å². The molecule has 5 heteroatoms. The number of aromatic nitrogens is 2. The summed E-state index contributed by atoms with van der Waals surface area (Å²) in [6.45, 7) is 5.89. The predicted octanol–water partition coefficient (Wildman–Crippen LogP) is 3.82. The van der Waals surface area contributed by atoms with Gasteiger partial charge < -0.3 is 4.52 Å². The molecule has 0 spiro atoms. The molecule has 0 aliphatic rings. The fraction of sp³-hybridized carbons (Fsp3) is 0.357. The summed E-state index contributed by atoms with van der Waals surface area (Å²) in [5, 5.41) is 12.8. The van der Waals surface area contributed by atoms with Gasteiger partial charge in [-0.25, -0.2) is 0 Å². The Bertz CT molecular complexity index is 619. The highest BCUT2D eigenvalue weighted by Crippen LogP contribution is 2.27. The van der Waals surface area contributed by atoms with E-state index in [0.29, 0.717) is 18.1 Å². The monoisotopic (exact) mass is 319 g/mol. The topological polar surface area (TPSA) is 62.7 Å². The van der Waals surface area contributed by atoms with E-state index in [1.165, 1.54) is 0 Å². The highest BCUT2D eigenvalue weighted by molar-refractivity contribution is 9.10. The second-order valence-electron chi connectivity index (χ2n) is 4.67. The van der Waals surface area contributed by atoms with E-state index < -0.39 is 0 Å². The first-order valence-electron chi connectivity index (χ1n) is 6.00. The van der Waals surface area contributed by atoms with Crippen molar-refractivity contribution >= 4 is 15.9 Å². The molecule has 2 rings (SSSR count). The number of aryl methyl sites for hydroxylation is 2. The van der Waals surface area contributed by atoms with Gasteiger partial charge >= 0.3 is 0 Å². The molecule has 0 radical (unpaired) electrons. The van der Waals surface area contributed by atoms with Crippen molar-refractivity contribution < 1.29 is 4.52 Å². The zero-order chi connectivity index (χ0) is 14.0. The van der Waals surface area contributed by atoms with Crippen LogP contribution in [0.15, 0.2) is 21.1 Å². The lowest BCUT2D eigenvalue weighted by Gasteiger charge is -2.04. The van der Waals surface area contributed by atoms with Gasteiger partial charge in [-0.2, -0.15) is 10.2 Å². The molecule has 0 fully saturated rings. The van der Waals surface area contributed by atoms with Crippen molar-refractivity contribution in [3.63, 3.8) is 0 Å². The fourth-order valence-electron chi connectivity index (χ4n) is 1.84. The van der Waals surface area contributed by atoms with E-state index in [9.17, 15) is 0 Å². The summed E-state index contributed by atoms with van der Waals surface area (Å²) in [6, 6.07) is 6.18. The Morgan fingerprint density at radius 3 is 2.58 bits per heavy atom. The van der Waals surface area contributed by atoms with Crippen LogP contribution in [-0.2, 0) is 6.42 Å². The van der Waals surface area contributed by atoms with E-state index in [-0.39, 0.29) is 5.92 Å². The van der Waals surface area contributed by atoms with E-state index in [2.05, 4.69) is 32.1 Å². The maximum Gasteiger partial charge on any atom is 0.228 e. The average Bonchev–Trinajstić information content (AvgIpc) is 2.83. The molecule has 0 bridgehead atoms. The predicted molar refractivity (Wildman–Crippen MR) is 75.4 cm³/mol. The molecule has 0 amide bonds. The molecule has 0 saturated carbocycles. The van der Waals surface area contributed by atoms with Crippen LogP contribution < -0.4 is 0 Å². The van der Waals surface area contributed by atoms with Crippen molar-refractivity contribution in [2.75, 3.05) is 0 Å². The molecular weight excluding hydrogens is 306 g/mol. The Morgan fingerprint density at radius 1 is 1.37 bits per heavy atom. The Hall–Kier alpha value is -1.67. The average molecular weight is 320 g/mol. The minimum absolute atomic E-state index is 0.123. The summed E-state index contributed by atoms with van der Waals surface area (Å²) >= 11 is 3.53. The molecule has 0 aliphatic heterocycles. The van der Waals surface area contributed by atoms with Crippen LogP contribution in [0.4, 0.5) is 0 Å². The largest absolute Gasteiger partial charge is 0.339 e. The summed E-state index contributed by atoms with van der Waals surface area (Å²) < 4.78 is 6.27. The van der Waals surface area contributed by atoms with Gasteiger partial charge in [0.2, 0.25) is 11.7 Å². The maximum atomic E-state index is 8.78. The van der Waals surface area contributed by atoms with Crippen molar-refractivity contribution in [1.29, 1.82) is 5.26 Å². The zero-order valence-corrected chi connectivity index (χ0v) is 12.7. The molecule has 1 aromatic carbocycles. The number of hydrogen-bond acceptors (Lipinski definition) is 4. The van der Waals surface area contributed by atoms with Gasteiger partial charge in [0.1, 0.15) is 0 Å². The number of hydrogen-bond donors (Lipinski definition) is 0. The van der Waals surface area contributed by atoms with Crippen molar-refractivity contribution in [1.82, 2.24) is 10.1 Å². The SMILES string of the molecule is Cc1cc(-c2noc(CC(C)C#N)n2)cc(C)c1Br. The van der Waals surface area contributed by atoms with Crippen LogP contribution in [0.5, 0.6) is 0 Å². The van der Waals surface area contributed by atoms with Gasteiger partial charge in [0, 0.05) is 16.5 Å². The van der Waals surface area contributed by atoms with E-state index in [1.54, 1.807) is 0 Å². The molecule has 98 valence electrons. The lowest BCUT2D eigenvalue weighted by Crippen LogP contribution is -1.96. The van der Waals surface area contributed by atoms with Gasteiger partial charge in [0.25, 0.3) is 0 Å². The molecule has 0 aliphatic carbocycles. The van der Waals surface area contributed by atoms with Gasteiger partial charge in [-0.15, -0.1) is 0 Å². The quantitative estimate of drug-likeness (QED) is 0.862. The van der Waals surface area contributed by atoms with E-state index in [0.717, 1.165) is 21.2 Å². The summed E-state index contributed by atoms with van der Waals surface area (Å²) in [6.07, 6.45) is 0.484.